The first-order valence-corrected chi connectivity index (χ1v) is 7.05. The van der Waals surface area contributed by atoms with Crippen LogP contribution >= 0.6 is 0 Å². The Kier molecular flexibility index (Phi) is 4.25. The van der Waals surface area contributed by atoms with Gasteiger partial charge in [-0.2, -0.15) is 0 Å². The summed E-state index contributed by atoms with van der Waals surface area (Å²) in [5.74, 6) is 0.134. The Hall–Kier alpha value is -1.35. The Balaban J connectivity index is 2.22. The maximum atomic E-state index is 11.5. The number of nitrogens with one attached hydrogen (secondary N) is 1. The van der Waals surface area contributed by atoms with Gasteiger partial charge in [0, 0.05) is 30.9 Å². The highest BCUT2D eigenvalue weighted by atomic mass is 16.1. The van der Waals surface area contributed by atoms with Crippen LogP contribution in [0.4, 0.5) is 5.69 Å². The Morgan fingerprint density at radius 1 is 1.37 bits per heavy atom. The van der Waals surface area contributed by atoms with E-state index in [1.54, 1.807) is 6.92 Å². The number of hydrogen-bond acceptors (Lipinski definition) is 3. The number of hydrogen-bond donors (Lipinski definition) is 1. The van der Waals surface area contributed by atoms with Crippen molar-refractivity contribution in [3.8, 4) is 0 Å². The molecule has 1 aliphatic rings. The van der Waals surface area contributed by atoms with Gasteiger partial charge in [-0.1, -0.05) is 26.0 Å². The lowest BCUT2D eigenvalue weighted by molar-refractivity contribution is 0.101. The molecule has 2 rings (SSSR count). The van der Waals surface area contributed by atoms with E-state index in [-0.39, 0.29) is 11.2 Å². The van der Waals surface area contributed by atoms with Gasteiger partial charge in [0.05, 0.1) is 0 Å². The van der Waals surface area contributed by atoms with Crippen molar-refractivity contribution in [3.05, 3.63) is 29.8 Å². The van der Waals surface area contributed by atoms with Gasteiger partial charge in [-0.15, -0.1) is 0 Å². The maximum absolute atomic E-state index is 11.5. The lowest BCUT2D eigenvalue weighted by atomic mass is 9.91. The van der Waals surface area contributed by atoms with Crippen LogP contribution in [0.5, 0.6) is 0 Å². The average Bonchev–Trinajstić information content (AvgIpc) is 2.34. The maximum Gasteiger partial charge on any atom is 0.159 e. The molecule has 3 heteroatoms. The summed E-state index contributed by atoms with van der Waals surface area (Å²) in [6.07, 6.45) is 1.14. The molecule has 1 aliphatic heterocycles. The minimum atomic E-state index is 0.134. The van der Waals surface area contributed by atoms with Gasteiger partial charge in [0.1, 0.15) is 0 Å². The molecular weight excluding hydrogens is 236 g/mol. The topological polar surface area (TPSA) is 32.3 Å². The molecule has 1 saturated heterocycles. The lowest BCUT2D eigenvalue weighted by Gasteiger charge is -2.37. The number of Topliss-reactive ketones (excluding diaryl/α,β-unsaturated/α-hetero) is 1. The number of carbonyl (C=O) groups is 1. The van der Waals surface area contributed by atoms with Gasteiger partial charge in [-0.25, -0.2) is 0 Å². The van der Waals surface area contributed by atoms with E-state index in [0.29, 0.717) is 0 Å². The molecule has 0 aromatic heterocycles. The third-order valence-electron chi connectivity index (χ3n) is 3.62. The summed E-state index contributed by atoms with van der Waals surface area (Å²) < 4.78 is 0. The van der Waals surface area contributed by atoms with Crippen LogP contribution in [0.1, 0.15) is 37.6 Å². The normalized spacial score (nSPS) is 19.6. The third kappa shape index (κ3) is 3.80. The summed E-state index contributed by atoms with van der Waals surface area (Å²) in [4.78, 5) is 13.9. The molecule has 0 atom stereocenters. The molecule has 1 heterocycles. The molecule has 19 heavy (non-hydrogen) atoms. The van der Waals surface area contributed by atoms with E-state index < -0.39 is 0 Å². The third-order valence-corrected chi connectivity index (χ3v) is 3.62. The van der Waals surface area contributed by atoms with E-state index in [1.165, 1.54) is 5.69 Å². The first kappa shape index (κ1) is 14.1. The monoisotopic (exact) mass is 260 g/mol. The predicted molar refractivity (Wildman–Crippen MR) is 79.9 cm³/mol. The zero-order valence-corrected chi connectivity index (χ0v) is 12.2. The summed E-state index contributed by atoms with van der Waals surface area (Å²) in [6.45, 7) is 10.3. The molecule has 0 amide bonds. The number of benzene rings is 1. The highest BCUT2D eigenvalue weighted by molar-refractivity contribution is 5.94. The van der Waals surface area contributed by atoms with Gasteiger partial charge in [0.25, 0.3) is 0 Å². The number of ketones is 1. The first-order valence-electron chi connectivity index (χ1n) is 7.05. The van der Waals surface area contributed by atoms with Gasteiger partial charge >= 0.3 is 0 Å². The van der Waals surface area contributed by atoms with Crippen molar-refractivity contribution in [3.63, 3.8) is 0 Å². The Morgan fingerprint density at radius 2 is 2.16 bits per heavy atom. The number of anilines is 1. The molecule has 1 aromatic rings. The largest absolute Gasteiger partial charge is 0.371 e. The standard InChI is InChI=1S/C16H24N2O/c1-13(19)14-6-4-7-15(10-14)18-9-5-8-17-11-16(2,3)12-18/h4,6-7,10,17H,5,8-9,11-12H2,1-3H3. The molecule has 1 fully saturated rings. The van der Waals surface area contributed by atoms with Crippen LogP contribution in [0.25, 0.3) is 0 Å². The molecule has 0 aliphatic carbocycles. The minimum Gasteiger partial charge on any atom is -0.371 e. The second kappa shape index (κ2) is 5.74. The molecule has 0 unspecified atom stereocenters. The predicted octanol–water partition coefficient (Wildman–Crippen LogP) is 2.72. The number of rotatable bonds is 2. The summed E-state index contributed by atoms with van der Waals surface area (Å²) in [5, 5.41) is 3.50. The van der Waals surface area contributed by atoms with Gasteiger partial charge < -0.3 is 10.2 Å². The van der Waals surface area contributed by atoms with Crippen LogP contribution in [0.3, 0.4) is 0 Å². The average molecular weight is 260 g/mol. The van der Waals surface area contributed by atoms with E-state index in [2.05, 4.69) is 30.1 Å². The van der Waals surface area contributed by atoms with Crippen molar-refractivity contribution >= 4 is 11.5 Å². The zero-order chi connectivity index (χ0) is 13.9. The van der Waals surface area contributed by atoms with Crippen molar-refractivity contribution in [1.29, 1.82) is 0 Å². The Bertz CT molecular complexity index is 454. The van der Waals surface area contributed by atoms with Crippen molar-refractivity contribution in [2.45, 2.75) is 27.2 Å². The first-order chi connectivity index (χ1) is 8.98. The Labute approximate surface area is 116 Å². The number of nitrogens with zero attached hydrogens (tertiary/aromatic N) is 1. The molecule has 104 valence electrons. The number of carbonyl (C=O) groups excluding carboxylic acids is 1. The van der Waals surface area contributed by atoms with Crippen LogP contribution in [0.2, 0.25) is 0 Å². The SMILES string of the molecule is CC(=O)c1cccc(N2CCCNCC(C)(C)C2)c1. The van der Waals surface area contributed by atoms with E-state index in [9.17, 15) is 4.79 Å². The second-order valence-electron chi connectivity index (χ2n) is 6.22. The molecule has 3 nitrogen and oxygen atoms in total. The van der Waals surface area contributed by atoms with E-state index in [4.69, 9.17) is 0 Å². The van der Waals surface area contributed by atoms with Gasteiger partial charge in [0.15, 0.2) is 5.78 Å². The summed E-state index contributed by atoms with van der Waals surface area (Å²) >= 11 is 0. The lowest BCUT2D eigenvalue weighted by Crippen LogP contribution is -2.44. The Morgan fingerprint density at radius 3 is 2.89 bits per heavy atom. The second-order valence-corrected chi connectivity index (χ2v) is 6.22. The summed E-state index contributed by atoms with van der Waals surface area (Å²) in [6, 6.07) is 8.00. The van der Waals surface area contributed by atoms with Crippen molar-refractivity contribution in [2.24, 2.45) is 5.41 Å². The fourth-order valence-corrected chi connectivity index (χ4v) is 2.62. The molecule has 0 spiro atoms. The van der Waals surface area contributed by atoms with Gasteiger partial charge in [0.2, 0.25) is 0 Å². The van der Waals surface area contributed by atoms with Crippen LogP contribution in [-0.4, -0.2) is 32.0 Å². The van der Waals surface area contributed by atoms with E-state index in [0.717, 1.165) is 38.2 Å². The fraction of sp³-hybridized carbons (Fsp3) is 0.562. The van der Waals surface area contributed by atoms with Gasteiger partial charge in [-0.05, 0) is 37.4 Å². The highest BCUT2D eigenvalue weighted by Gasteiger charge is 2.23. The van der Waals surface area contributed by atoms with Crippen LogP contribution in [0, 0.1) is 5.41 Å². The quantitative estimate of drug-likeness (QED) is 0.830. The molecular formula is C16H24N2O. The molecule has 1 N–H and O–H groups in total. The zero-order valence-electron chi connectivity index (χ0n) is 12.2. The van der Waals surface area contributed by atoms with Crippen molar-refractivity contribution in [2.75, 3.05) is 31.1 Å². The smallest absolute Gasteiger partial charge is 0.159 e. The minimum absolute atomic E-state index is 0.134. The molecule has 1 aromatic carbocycles. The van der Waals surface area contributed by atoms with E-state index >= 15 is 0 Å². The molecule has 0 saturated carbocycles. The van der Waals surface area contributed by atoms with Gasteiger partial charge in [-0.3, -0.25) is 4.79 Å². The van der Waals surface area contributed by atoms with E-state index in [1.807, 2.05) is 18.2 Å². The fourth-order valence-electron chi connectivity index (χ4n) is 2.62. The van der Waals surface area contributed by atoms with Crippen LogP contribution in [0.15, 0.2) is 24.3 Å². The molecule has 0 radical (unpaired) electrons. The van der Waals surface area contributed by atoms with Crippen molar-refractivity contribution in [1.82, 2.24) is 5.32 Å². The summed E-state index contributed by atoms with van der Waals surface area (Å²) in [7, 11) is 0. The van der Waals surface area contributed by atoms with Crippen molar-refractivity contribution < 1.29 is 4.79 Å². The summed E-state index contributed by atoms with van der Waals surface area (Å²) in [5.41, 5.74) is 2.21. The molecule has 0 bridgehead atoms. The van der Waals surface area contributed by atoms with Crippen LogP contribution < -0.4 is 10.2 Å². The van der Waals surface area contributed by atoms with Crippen LogP contribution in [-0.2, 0) is 0 Å². The highest BCUT2D eigenvalue weighted by Crippen LogP contribution is 2.24.